The van der Waals surface area contributed by atoms with Crippen molar-refractivity contribution in [1.82, 2.24) is 0 Å². The topological polar surface area (TPSA) is 61.8 Å². The summed E-state index contributed by atoms with van der Waals surface area (Å²) in [5.41, 5.74) is 0.0312. The van der Waals surface area contributed by atoms with Gasteiger partial charge in [0.1, 0.15) is 5.21 Å². The first-order chi connectivity index (χ1) is 21.0. The molecule has 248 valence electrons. The number of halogens is 1. The molecule has 0 amide bonds. The maximum absolute atomic E-state index is 12.4. The van der Waals surface area contributed by atoms with Crippen LogP contribution in [-0.4, -0.2) is 45.9 Å². The van der Waals surface area contributed by atoms with Crippen molar-refractivity contribution in [1.29, 1.82) is 0 Å². The predicted octanol–water partition coefficient (Wildman–Crippen LogP) is 7.96. The fourth-order valence-corrected chi connectivity index (χ4v) is 14.8. The van der Waals surface area contributed by atoms with E-state index in [0.29, 0.717) is 13.0 Å². The second kappa shape index (κ2) is 12.2. The Kier molecular flexibility index (Phi) is 9.44. The molecule has 0 bridgehead atoms. The molecule has 1 saturated heterocycles. The third-order valence-corrected chi connectivity index (χ3v) is 18.5. The van der Waals surface area contributed by atoms with Crippen molar-refractivity contribution in [2.45, 2.75) is 116 Å². The molecule has 0 unspecified atom stereocenters. The van der Waals surface area contributed by atoms with Crippen molar-refractivity contribution >= 4 is 40.4 Å². The highest BCUT2D eigenvalue weighted by atomic mass is 35.5. The lowest BCUT2D eigenvalue weighted by Gasteiger charge is -2.62. The highest BCUT2D eigenvalue weighted by Gasteiger charge is 2.66. The molecule has 5 atom stereocenters. The molecule has 0 N–H and O–H groups in total. The van der Waals surface area contributed by atoms with Gasteiger partial charge >= 0.3 is 0 Å². The van der Waals surface area contributed by atoms with Crippen LogP contribution in [0.3, 0.4) is 0 Å². The molecule has 5 nitrogen and oxygen atoms in total. The minimum absolute atomic E-state index is 0.0823. The van der Waals surface area contributed by atoms with Crippen LogP contribution in [0.1, 0.15) is 93.9 Å². The first-order valence-electron chi connectivity index (χ1n) is 16.6. The van der Waals surface area contributed by atoms with Crippen LogP contribution < -0.4 is 10.4 Å². The van der Waals surface area contributed by atoms with Crippen molar-refractivity contribution < 1.29 is 21.8 Å². The Bertz CT molecular complexity index is 1450. The van der Waals surface area contributed by atoms with E-state index in [0.717, 1.165) is 32.1 Å². The van der Waals surface area contributed by atoms with Gasteiger partial charge in [0.25, 0.3) is 18.4 Å². The van der Waals surface area contributed by atoms with Crippen molar-refractivity contribution in [3.05, 3.63) is 72.3 Å². The number of rotatable bonds is 9. The fourth-order valence-electron chi connectivity index (χ4n) is 9.36. The molecular weight excluding hydrogens is 620 g/mol. The summed E-state index contributed by atoms with van der Waals surface area (Å²) >= 11 is 5.73. The van der Waals surface area contributed by atoms with Gasteiger partial charge in [0.05, 0.1) is 17.3 Å². The smallest absolute Gasteiger partial charge is 0.281 e. The first-order valence-corrected chi connectivity index (χ1v) is 20.6. The van der Waals surface area contributed by atoms with E-state index >= 15 is 0 Å². The van der Waals surface area contributed by atoms with E-state index in [2.05, 4.69) is 122 Å². The summed E-state index contributed by atoms with van der Waals surface area (Å²) in [7, 11) is -6.42. The van der Waals surface area contributed by atoms with Crippen LogP contribution in [0.4, 0.5) is 0 Å². The first kappa shape index (κ1) is 34.8. The van der Waals surface area contributed by atoms with Crippen molar-refractivity contribution in [2.75, 3.05) is 11.8 Å². The summed E-state index contributed by atoms with van der Waals surface area (Å²) in [6.07, 6.45) is 7.01. The molecule has 2 fully saturated rings. The van der Waals surface area contributed by atoms with Crippen LogP contribution in [0.15, 0.2) is 72.3 Å². The summed E-state index contributed by atoms with van der Waals surface area (Å²) < 4.78 is 45.2. The SMILES string of the molecule is CC1=CC[C@H]2C(C)(C)[C@H](OS(=O)(=O)CCl)CC[C@]2(C)[C@@]12CC[C@@](C)(CCO[Si](c1ccccc1)(c1ccccc1)C(C)(C)C)O2. The second-order valence-corrected chi connectivity index (χ2v) is 22.3. The largest absolute Gasteiger partial charge is 0.407 e. The van der Waals surface area contributed by atoms with Gasteiger partial charge in [-0.15, -0.1) is 11.6 Å². The zero-order valence-electron chi connectivity index (χ0n) is 28.5. The van der Waals surface area contributed by atoms with E-state index in [-0.39, 0.29) is 27.4 Å². The van der Waals surface area contributed by atoms with Gasteiger partial charge in [0.2, 0.25) is 0 Å². The van der Waals surface area contributed by atoms with Crippen molar-refractivity contribution in [3.8, 4) is 0 Å². The number of hydrogen-bond donors (Lipinski definition) is 0. The summed E-state index contributed by atoms with van der Waals surface area (Å²) in [5, 5.41) is 1.97. The van der Waals surface area contributed by atoms with Crippen LogP contribution >= 0.6 is 11.6 Å². The molecule has 8 heteroatoms. The maximum Gasteiger partial charge on any atom is 0.281 e. The molecule has 2 aliphatic carbocycles. The average molecular weight is 673 g/mol. The van der Waals surface area contributed by atoms with Gasteiger partial charge < -0.3 is 9.16 Å². The molecule has 5 rings (SSSR count). The number of ether oxygens (including phenoxy) is 1. The molecule has 3 aliphatic rings. The molecule has 1 spiro atoms. The molecular formula is C37H53ClO5SSi. The van der Waals surface area contributed by atoms with Gasteiger partial charge in [-0.05, 0) is 84.7 Å². The zero-order valence-corrected chi connectivity index (χ0v) is 31.1. The van der Waals surface area contributed by atoms with Gasteiger partial charge in [0.15, 0.2) is 0 Å². The monoisotopic (exact) mass is 672 g/mol. The Balaban J connectivity index is 1.41. The van der Waals surface area contributed by atoms with E-state index < -0.39 is 35.4 Å². The summed E-state index contributed by atoms with van der Waals surface area (Å²) in [6.45, 7) is 18.8. The van der Waals surface area contributed by atoms with Gasteiger partial charge in [-0.25, -0.2) is 0 Å². The molecule has 2 aromatic rings. The quantitative estimate of drug-likeness (QED) is 0.117. The summed E-state index contributed by atoms with van der Waals surface area (Å²) in [6, 6.07) is 21.6. The van der Waals surface area contributed by atoms with Gasteiger partial charge in [-0.1, -0.05) is 108 Å². The maximum atomic E-state index is 12.4. The molecule has 45 heavy (non-hydrogen) atoms. The lowest BCUT2D eigenvalue weighted by molar-refractivity contribution is -0.206. The fraction of sp³-hybridized carbons (Fsp3) is 0.622. The van der Waals surface area contributed by atoms with Gasteiger partial charge in [-0.3, -0.25) is 4.18 Å². The Morgan fingerprint density at radius 3 is 2.04 bits per heavy atom. The van der Waals surface area contributed by atoms with Crippen molar-refractivity contribution in [2.24, 2.45) is 16.7 Å². The Hall–Kier alpha value is -1.48. The van der Waals surface area contributed by atoms with Crippen LogP contribution in [0.25, 0.3) is 0 Å². The number of allylic oxidation sites excluding steroid dienone is 1. The Labute approximate surface area is 278 Å². The normalized spacial score (nSPS) is 31.9. The zero-order chi connectivity index (χ0) is 32.9. The van der Waals surface area contributed by atoms with Crippen LogP contribution in [0, 0.1) is 16.7 Å². The standard InChI is InChI=1S/C37H53ClO5SSi/c1-28-19-20-31-34(5,6)32(42-44(39,40)27-38)21-22-36(31,8)37(28)24-23-35(7,43-37)25-26-41-45(33(2,3)4,29-15-11-9-12-16-29)30-17-13-10-14-18-30/h9-19,31-32H,20-27H2,1-8H3/t31-,32+,35-,36-,37+/m0/s1. The summed E-state index contributed by atoms with van der Waals surface area (Å²) in [5.74, 6) is 0.202. The number of benzene rings is 2. The van der Waals surface area contributed by atoms with Crippen LogP contribution in [0.5, 0.6) is 0 Å². The third kappa shape index (κ3) is 5.93. The van der Waals surface area contributed by atoms with E-state index in [9.17, 15) is 8.42 Å². The molecule has 1 heterocycles. The van der Waals surface area contributed by atoms with E-state index in [1.54, 1.807) is 0 Å². The molecule has 1 saturated carbocycles. The van der Waals surface area contributed by atoms with E-state index in [1.807, 2.05) is 0 Å². The van der Waals surface area contributed by atoms with Gasteiger partial charge in [0, 0.05) is 12.0 Å². The second-order valence-electron chi connectivity index (χ2n) is 15.8. The third-order valence-electron chi connectivity index (χ3n) is 11.8. The average Bonchev–Trinajstić information content (AvgIpc) is 3.35. The highest BCUT2D eigenvalue weighted by Crippen LogP contribution is 2.67. The molecule has 0 aromatic heterocycles. The Morgan fingerprint density at radius 2 is 1.51 bits per heavy atom. The Morgan fingerprint density at radius 1 is 0.933 bits per heavy atom. The minimum atomic E-state index is -3.77. The number of fused-ring (bicyclic) bond motifs is 2. The van der Waals surface area contributed by atoms with Crippen LogP contribution in [0.2, 0.25) is 5.04 Å². The molecule has 0 radical (unpaired) electrons. The van der Waals surface area contributed by atoms with E-state index in [4.69, 9.17) is 24.9 Å². The number of alkyl halides is 1. The highest BCUT2D eigenvalue weighted by molar-refractivity contribution is 7.87. The van der Waals surface area contributed by atoms with E-state index in [1.165, 1.54) is 15.9 Å². The minimum Gasteiger partial charge on any atom is -0.407 e. The predicted molar refractivity (Wildman–Crippen MR) is 187 cm³/mol. The molecule has 2 aromatic carbocycles. The molecule has 1 aliphatic heterocycles. The number of hydrogen-bond acceptors (Lipinski definition) is 5. The van der Waals surface area contributed by atoms with Crippen molar-refractivity contribution in [3.63, 3.8) is 0 Å². The van der Waals surface area contributed by atoms with Gasteiger partial charge in [-0.2, -0.15) is 8.42 Å². The van der Waals surface area contributed by atoms with Crippen LogP contribution in [-0.2, 0) is 23.5 Å². The lowest BCUT2D eigenvalue weighted by Crippen LogP contribution is -2.66. The summed E-state index contributed by atoms with van der Waals surface area (Å²) in [4.78, 5) is 0. The lowest BCUT2D eigenvalue weighted by atomic mass is 9.46.